The van der Waals surface area contributed by atoms with Crippen molar-refractivity contribution in [2.45, 2.75) is 57.3 Å². The molecule has 12 heteroatoms. The predicted octanol–water partition coefficient (Wildman–Crippen LogP) is 2.98. The average molecular weight is 530 g/mol. The molecule has 204 valence electrons. The molecule has 0 spiro atoms. The van der Waals surface area contributed by atoms with Gasteiger partial charge in [-0.15, -0.1) is 0 Å². The van der Waals surface area contributed by atoms with Crippen LogP contribution in [0, 0.1) is 17.6 Å². The molecule has 5 rings (SSSR count). The Labute approximate surface area is 219 Å². The lowest BCUT2D eigenvalue weighted by molar-refractivity contribution is 0.0661. The number of aromatic nitrogens is 4. The van der Waals surface area contributed by atoms with Crippen LogP contribution < -0.4 is 20.3 Å². The summed E-state index contributed by atoms with van der Waals surface area (Å²) >= 11 is 0. The van der Waals surface area contributed by atoms with Crippen LogP contribution >= 0.6 is 0 Å². The number of hydrogen-bond donors (Lipinski definition) is 2. The van der Waals surface area contributed by atoms with Gasteiger partial charge >= 0.3 is 6.01 Å². The van der Waals surface area contributed by atoms with Gasteiger partial charge in [0.25, 0.3) is 0 Å². The largest absolute Gasteiger partial charge is 0.487 e. The third kappa shape index (κ3) is 5.56. The van der Waals surface area contributed by atoms with Crippen molar-refractivity contribution in [2.75, 3.05) is 36.0 Å². The predicted molar refractivity (Wildman–Crippen MR) is 136 cm³/mol. The minimum absolute atomic E-state index is 0.0539. The minimum atomic E-state index is -1.15. The summed E-state index contributed by atoms with van der Waals surface area (Å²) in [6.07, 6.45) is 4.97. The average Bonchev–Trinajstić information content (AvgIpc) is 3.54. The second-order valence-corrected chi connectivity index (χ2v) is 10.7. The summed E-state index contributed by atoms with van der Waals surface area (Å²) in [5.41, 5.74) is 5.39. The van der Waals surface area contributed by atoms with Crippen molar-refractivity contribution in [2.24, 2.45) is 11.7 Å². The van der Waals surface area contributed by atoms with Gasteiger partial charge in [-0.3, -0.25) is 0 Å². The first-order valence-electron chi connectivity index (χ1n) is 12.8. The highest BCUT2D eigenvalue weighted by Crippen LogP contribution is 2.32. The highest BCUT2D eigenvalue weighted by Gasteiger charge is 2.35. The zero-order valence-electron chi connectivity index (χ0n) is 21.7. The molecule has 3 aromatic rings. The van der Waals surface area contributed by atoms with E-state index in [1.54, 1.807) is 26.2 Å². The maximum atomic E-state index is 14.3. The maximum Gasteiger partial charge on any atom is 0.324 e. The van der Waals surface area contributed by atoms with Crippen molar-refractivity contribution >= 4 is 12.0 Å². The molecule has 3 N–H and O–H groups in total. The lowest BCUT2D eigenvalue weighted by Gasteiger charge is -2.33. The summed E-state index contributed by atoms with van der Waals surface area (Å²) in [5.74, 6) is 0.311. The lowest BCUT2D eigenvalue weighted by Crippen LogP contribution is -2.39. The van der Waals surface area contributed by atoms with Gasteiger partial charge in [0.1, 0.15) is 17.2 Å². The van der Waals surface area contributed by atoms with E-state index >= 15 is 0 Å². The second-order valence-electron chi connectivity index (χ2n) is 10.7. The molecule has 2 aliphatic heterocycles. The fourth-order valence-corrected chi connectivity index (χ4v) is 5.12. The highest BCUT2D eigenvalue weighted by atomic mass is 19.1. The van der Waals surface area contributed by atoms with Gasteiger partial charge < -0.3 is 29.9 Å². The molecule has 10 nitrogen and oxygen atoms in total. The van der Waals surface area contributed by atoms with Crippen LogP contribution in [0.4, 0.5) is 20.7 Å². The number of benzene rings is 1. The van der Waals surface area contributed by atoms with Crippen LogP contribution in [0.3, 0.4) is 0 Å². The molecule has 0 radical (unpaired) electrons. The molecule has 4 heterocycles. The number of ether oxygens (including phenoxy) is 1. The first-order valence-corrected chi connectivity index (χ1v) is 12.8. The van der Waals surface area contributed by atoms with E-state index in [1.807, 2.05) is 16.7 Å². The fourth-order valence-electron chi connectivity index (χ4n) is 5.12. The zero-order chi connectivity index (χ0) is 27.0. The van der Waals surface area contributed by atoms with Crippen molar-refractivity contribution < 1.29 is 23.1 Å². The SMILES string of the molecule is CC(Oc1cnc(N2CC(N)C(c3cc(F)ccc3F)C2)nc1)C1CCN(c2nc(C(C)(C)O)no2)CC1. The van der Waals surface area contributed by atoms with Crippen molar-refractivity contribution in [3.8, 4) is 5.75 Å². The number of nitrogens with zero attached hydrogens (tertiary/aromatic N) is 6. The van der Waals surface area contributed by atoms with E-state index in [0.717, 1.165) is 38.1 Å². The van der Waals surface area contributed by atoms with Crippen LogP contribution in [-0.2, 0) is 5.60 Å². The van der Waals surface area contributed by atoms with E-state index in [2.05, 4.69) is 20.1 Å². The van der Waals surface area contributed by atoms with Crippen LogP contribution in [0.1, 0.15) is 50.9 Å². The fraction of sp³-hybridized carbons (Fsp3) is 0.538. The monoisotopic (exact) mass is 529 g/mol. The number of piperidine rings is 1. The van der Waals surface area contributed by atoms with Crippen LogP contribution in [-0.4, -0.2) is 63.5 Å². The maximum absolute atomic E-state index is 14.3. The molecule has 2 saturated heterocycles. The Morgan fingerprint density at radius 1 is 1.13 bits per heavy atom. The summed E-state index contributed by atoms with van der Waals surface area (Å²) < 4.78 is 39.5. The Kier molecular flexibility index (Phi) is 7.19. The minimum Gasteiger partial charge on any atom is -0.487 e. The van der Waals surface area contributed by atoms with E-state index < -0.39 is 17.2 Å². The molecule has 3 atom stereocenters. The van der Waals surface area contributed by atoms with Gasteiger partial charge in [-0.1, -0.05) is 5.16 Å². The van der Waals surface area contributed by atoms with E-state index in [9.17, 15) is 13.9 Å². The Morgan fingerprint density at radius 3 is 2.50 bits per heavy atom. The first-order chi connectivity index (χ1) is 18.1. The first kappa shape index (κ1) is 26.2. The van der Waals surface area contributed by atoms with E-state index in [1.165, 1.54) is 6.07 Å². The molecule has 0 aliphatic carbocycles. The van der Waals surface area contributed by atoms with Crippen molar-refractivity contribution in [3.05, 3.63) is 53.6 Å². The second kappa shape index (κ2) is 10.4. The highest BCUT2D eigenvalue weighted by molar-refractivity contribution is 5.39. The smallest absolute Gasteiger partial charge is 0.324 e. The standard InChI is InChI=1S/C26H33F2N7O3/c1-15(16-6-8-34(9-7-16)25-32-23(33-38-25)26(2,3)36)37-18-11-30-24(31-12-18)35-13-20(22(29)14-35)19-10-17(27)4-5-21(19)28/h4-5,10-12,15-16,20,22,36H,6-9,13-14,29H2,1-3H3. The van der Waals surface area contributed by atoms with Crippen molar-refractivity contribution in [1.29, 1.82) is 0 Å². The Hall–Kier alpha value is -3.38. The third-order valence-electron chi connectivity index (χ3n) is 7.38. The van der Waals surface area contributed by atoms with Crippen LogP contribution in [0.15, 0.2) is 35.1 Å². The number of anilines is 2. The molecule has 0 saturated carbocycles. The molecule has 1 aromatic carbocycles. The number of halogens is 2. The van der Waals surface area contributed by atoms with Crippen molar-refractivity contribution in [1.82, 2.24) is 20.1 Å². The van der Waals surface area contributed by atoms with Crippen molar-refractivity contribution in [3.63, 3.8) is 0 Å². The summed E-state index contributed by atoms with van der Waals surface area (Å²) in [7, 11) is 0. The number of nitrogens with two attached hydrogens (primary N) is 1. The molecule has 2 aromatic heterocycles. The van der Waals surface area contributed by atoms with Crippen LogP contribution in [0.2, 0.25) is 0 Å². The van der Waals surface area contributed by atoms with Gasteiger partial charge in [0, 0.05) is 38.1 Å². The van der Waals surface area contributed by atoms with Gasteiger partial charge in [0.2, 0.25) is 11.8 Å². The van der Waals surface area contributed by atoms with Gasteiger partial charge in [0.05, 0.1) is 18.5 Å². The van der Waals surface area contributed by atoms with Crippen LogP contribution in [0.5, 0.6) is 5.75 Å². The summed E-state index contributed by atoms with van der Waals surface area (Å²) in [6, 6.07) is 3.49. The van der Waals surface area contributed by atoms with Crippen LogP contribution in [0.25, 0.3) is 0 Å². The van der Waals surface area contributed by atoms with Gasteiger partial charge in [-0.25, -0.2) is 18.7 Å². The summed E-state index contributed by atoms with van der Waals surface area (Å²) in [6.45, 7) is 7.58. The molecular weight excluding hydrogens is 496 g/mol. The summed E-state index contributed by atoms with van der Waals surface area (Å²) in [5, 5.41) is 13.9. The van der Waals surface area contributed by atoms with Gasteiger partial charge in [-0.2, -0.15) is 4.98 Å². The quantitative estimate of drug-likeness (QED) is 0.472. The number of rotatable bonds is 7. The molecule has 0 amide bonds. The molecule has 2 fully saturated rings. The molecule has 0 bridgehead atoms. The van der Waals surface area contributed by atoms with E-state index in [4.69, 9.17) is 15.0 Å². The van der Waals surface area contributed by atoms with Gasteiger partial charge in [0.15, 0.2) is 5.75 Å². The molecular formula is C26H33F2N7O3. The van der Waals surface area contributed by atoms with Gasteiger partial charge in [-0.05, 0) is 63.3 Å². The normalized spacial score (nSPS) is 21.7. The summed E-state index contributed by atoms with van der Waals surface area (Å²) in [4.78, 5) is 17.1. The Balaban J connectivity index is 1.14. The Bertz CT molecular complexity index is 1240. The molecule has 3 unspecified atom stereocenters. The van der Waals surface area contributed by atoms with E-state index in [-0.39, 0.29) is 29.5 Å². The lowest BCUT2D eigenvalue weighted by atomic mass is 9.92. The number of hydrogen-bond acceptors (Lipinski definition) is 10. The molecule has 38 heavy (non-hydrogen) atoms. The number of aliphatic hydroxyl groups is 1. The molecule has 2 aliphatic rings. The topological polar surface area (TPSA) is 127 Å². The van der Waals surface area contributed by atoms with E-state index in [0.29, 0.717) is 36.7 Å². The zero-order valence-corrected chi connectivity index (χ0v) is 21.7. The third-order valence-corrected chi connectivity index (χ3v) is 7.38. The Morgan fingerprint density at radius 2 is 1.84 bits per heavy atom.